The lowest BCUT2D eigenvalue weighted by Crippen LogP contribution is -2.26. The van der Waals surface area contributed by atoms with Crippen LogP contribution in [0.3, 0.4) is 0 Å². The summed E-state index contributed by atoms with van der Waals surface area (Å²) < 4.78 is 4.98. The van der Waals surface area contributed by atoms with Crippen LogP contribution in [0.4, 0.5) is 22.0 Å². The molecule has 0 bridgehead atoms. The number of fused-ring (bicyclic) bond motifs is 1. The Morgan fingerprint density at radius 3 is 2.54 bits per heavy atom. The number of anilines is 3. The van der Waals surface area contributed by atoms with Gasteiger partial charge in [-0.15, -0.1) is 0 Å². The van der Waals surface area contributed by atoms with E-state index in [1.807, 2.05) is 48.5 Å². The van der Waals surface area contributed by atoms with Crippen LogP contribution in [0.1, 0.15) is 6.92 Å². The Morgan fingerprint density at radius 1 is 1.12 bits per heavy atom. The summed E-state index contributed by atoms with van der Waals surface area (Å²) in [7, 11) is 1.68. The Hall–Kier alpha value is -3.15. The highest BCUT2D eigenvalue weighted by molar-refractivity contribution is 5.87. The van der Waals surface area contributed by atoms with Gasteiger partial charge in [0.05, 0.1) is 23.8 Å². The molecule has 0 atom stereocenters. The molecule has 6 nitrogen and oxygen atoms in total. The van der Waals surface area contributed by atoms with E-state index in [1.165, 1.54) is 4.90 Å². The molecule has 24 heavy (non-hydrogen) atoms. The molecule has 0 saturated carbocycles. The van der Waals surface area contributed by atoms with Crippen LogP contribution in [-0.2, 0) is 4.74 Å². The summed E-state index contributed by atoms with van der Waals surface area (Å²) in [5.74, 6) is 0.667. The number of hydrogen-bond acceptors (Lipinski definition) is 5. The minimum Gasteiger partial charge on any atom is -0.449 e. The first-order valence-electron chi connectivity index (χ1n) is 7.66. The SMILES string of the molecule is CCOC(=O)N(C)c1ccc(Nc2cnc3ccccc3n2)cc1. The van der Waals surface area contributed by atoms with Crippen LogP contribution in [-0.4, -0.2) is 29.7 Å². The van der Waals surface area contributed by atoms with Crippen molar-refractivity contribution in [1.82, 2.24) is 9.97 Å². The van der Waals surface area contributed by atoms with Crippen LogP contribution in [0.5, 0.6) is 0 Å². The Morgan fingerprint density at radius 2 is 1.83 bits per heavy atom. The van der Waals surface area contributed by atoms with Gasteiger partial charge in [0.2, 0.25) is 0 Å². The molecule has 0 fully saturated rings. The molecule has 0 saturated heterocycles. The van der Waals surface area contributed by atoms with E-state index < -0.39 is 0 Å². The molecule has 0 radical (unpaired) electrons. The molecule has 122 valence electrons. The number of ether oxygens (including phenoxy) is 1. The monoisotopic (exact) mass is 322 g/mol. The zero-order chi connectivity index (χ0) is 16.9. The maximum Gasteiger partial charge on any atom is 0.413 e. The second kappa shape index (κ2) is 6.95. The average Bonchev–Trinajstić information content (AvgIpc) is 2.62. The first kappa shape index (κ1) is 15.7. The lowest BCUT2D eigenvalue weighted by molar-refractivity contribution is 0.161. The minimum atomic E-state index is -0.376. The van der Waals surface area contributed by atoms with Crippen molar-refractivity contribution in [3.63, 3.8) is 0 Å². The van der Waals surface area contributed by atoms with E-state index >= 15 is 0 Å². The van der Waals surface area contributed by atoms with Crippen molar-refractivity contribution in [1.29, 1.82) is 0 Å². The summed E-state index contributed by atoms with van der Waals surface area (Å²) in [5, 5.41) is 3.21. The molecule has 6 heteroatoms. The fourth-order valence-electron chi connectivity index (χ4n) is 2.26. The topological polar surface area (TPSA) is 67.3 Å². The second-order valence-electron chi connectivity index (χ2n) is 5.17. The predicted molar refractivity (Wildman–Crippen MR) is 94.7 cm³/mol. The molecule has 1 amide bonds. The first-order chi connectivity index (χ1) is 11.7. The molecule has 2 aromatic carbocycles. The third-order valence-electron chi connectivity index (χ3n) is 3.52. The van der Waals surface area contributed by atoms with Crippen LogP contribution in [0, 0.1) is 0 Å². The maximum atomic E-state index is 11.7. The molecular formula is C18H18N4O2. The molecule has 1 aromatic heterocycles. The van der Waals surface area contributed by atoms with E-state index in [0.717, 1.165) is 22.4 Å². The summed E-state index contributed by atoms with van der Waals surface area (Å²) in [6.07, 6.45) is 1.32. The number of amides is 1. The van der Waals surface area contributed by atoms with Gasteiger partial charge in [0, 0.05) is 18.4 Å². The van der Waals surface area contributed by atoms with E-state index in [1.54, 1.807) is 20.2 Å². The molecular weight excluding hydrogens is 304 g/mol. The molecule has 0 spiro atoms. The zero-order valence-corrected chi connectivity index (χ0v) is 13.6. The number of rotatable bonds is 4. The van der Waals surface area contributed by atoms with Crippen molar-refractivity contribution in [3.05, 3.63) is 54.7 Å². The van der Waals surface area contributed by atoms with E-state index in [9.17, 15) is 4.79 Å². The summed E-state index contributed by atoms with van der Waals surface area (Å²) >= 11 is 0. The van der Waals surface area contributed by atoms with Crippen LogP contribution in [0.15, 0.2) is 54.7 Å². The van der Waals surface area contributed by atoms with Gasteiger partial charge in [-0.3, -0.25) is 9.88 Å². The van der Waals surface area contributed by atoms with Gasteiger partial charge in [-0.1, -0.05) is 12.1 Å². The van der Waals surface area contributed by atoms with Crippen molar-refractivity contribution in [2.45, 2.75) is 6.92 Å². The van der Waals surface area contributed by atoms with Gasteiger partial charge < -0.3 is 10.1 Å². The number of carbonyl (C=O) groups is 1. The van der Waals surface area contributed by atoms with Crippen LogP contribution in [0.2, 0.25) is 0 Å². The molecule has 0 aliphatic carbocycles. The molecule has 3 rings (SSSR count). The lowest BCUT2D eigenvalue weighted by atomic mass is 10.2. The van der Waals surface area contributed by atoms with Crippen LogP contribution in [0.25, 0.3) is 11.0 Å². The highest BCUT2D eigenvalue weighted by Crippen LogP contribution is 2.21. The van der Waals surface area contributed by atoms with Gasteiger partial charge >= 0.3 is 6.09 Å². The largest absolute Gasteiger partial charge is 0.449 e. The smallest absolute Gasteiger partial charge is 0.413 e. The molecule has 0 unspecified atom stereocenters. The third kappa shape index (κ3) is 3.43. The van der Waals surface area contributed by atoms with Gasteiger partial charge in [0.15, 0.2) is 0 Å². The minimum absolute atomic E-state index is 0.351. The maximum absolute atomic E-state index is 11.7. The third-order valence-corrected chi connectivity index (χ3v) is 3.52. The Labute approximate surface area is 140 Å². The highest BCUT2D eigenvalue weighted by atomic mass is 16.6. The quantitative estimate of drug-likeness (QED) is 0.787. The van der Waals surface area contributed by atoms with Gasteiger partial charge in [0.25, 0.3) is 0 Å². The van der Waals surface area contributed by atoms with Crippen molar-refractivity contribution >= 4 is 34.3 Å². The molecule has 0 aliphatic heterocycles. The van der Waals surface area contributed by atoms with E-state index in [4.69, 9.17) is 4.74 Å². The van der Waals surface area contributed by atoms with E-state index in [-0.39, 0.29) is 6.09 Å². The van der Waals surface area contributed by atoms with E-state index in [0.29, 0.717) is 12.4 Å². The Bertz CT molecular complexity index is 849. The first-order valence-corrected chi connectivity index (χ1v) is 7.66. The van der Waals surface area contributed by atoms with E-state index in [2.05, 4.69) is 15.3 Å². The number of para-hydroxylation sites is 2. The highest BCUT2D eigenvalue weighted by Gasteiger charge is 2.11. The summed E-state index contributed by atoms with van der Waals surface area (Å²) in [6, 6.07) is 15.1. The van der Waals surface area contributed by atoms with Gasteiger partial charge in [0.1, 0.15) is 5.82 Å². The van der Waals surface area contributed by atoms with Gasteiger partial charge in [-0.25, -0.2) is 9.78 Å². The van der Waals surface area contributed by atoms with Crippen LogP contribution < -0.4 is 10.2 Å². The zero-order valence-electron chi connectivity index (χ0n) is 13.6. The van der Waals surface area contributed by atoms with Crippen molar-refractivity contribution in [2.75, 3.05) is 23.9 Å². The molecule has 1 N–H and O–H groups in total. The van der Waals surface area contributed by atoms with Crippen molar-refractivity contribution in [3.8, 4) is 0 Å². The van der Waals surface area contributed by atoms with Crippen molar-refractivity contribution < 1.29 is 9.53 Å². The van der Waals surface area contributed by atoms with Crippen molar-refractivity contribution in [2.24, 2.45) is 0 Å². The fourth-order valence-corrected chi connectivity index (χ4v) is 2.26. The molecule has 1 heterocycles. The number of nitrogens with zero attached hydrogens (tertiary/aromatic N) is 3. The second-order valence-corrected chi connectivity index (χ2v) is 5.17. The Balaban J connectivity index is 1.74. The number of nitrogens with one attached hydrogen (secondary N) is 1. The predicted octanol–water partition coefficient (Wildman–Crippen LogP) is 3.97. The number of hydrogen-bond donors (Lipinski definition) is 1. The van der Waals surface area contributed by atoms with Gasteiger partial charge in [-0.05, 0) is 43.3 Å². The fraction of sp³-hybridized carbons (Fsp3) is 0.167. The summed E-state index contributed by atoms with van der Waals surface area (Å²) in [4.78, 5) is 22.1. The Kier molecular flexibility index (Phi) is 4.56. The summed E-state index contributed by atoms with van der Waals surface area (Å²) in [5.41, 5.74) is 3.31. The summed E-state index contributed by atoms with van der Waals surface area (Å²) in [6.45, 7) is 2.13. The number of benzene rings is 2. The number of aromatic nitrogens is 2. The number of carbonyl (C=O) groups excluding carboxylic acids is 1. The standard InChI is InChI=1S/C18H18N4O2/c1-3-24-18(23)22(2)14-10-8-13(9-11-14)20-17-12-19-15-6-4-5-7-16(15)21-17/h4-12H,3H2,1-2H3,(H,20,21). The van der Waals surface area contributed by atoms with Gasteiger partial charge in [-0.2, -0.15) is 0 Å². The normalized spacial score (nSPS) is 10.4. The molecule has 0 aliphatic rings. The lowest BCUT2D eigenvalue weighted by Gasteiger charge is -2.17. The molecule has 3 aromatic rings. The average molecular weight is 322 g/mol. The van der Waals surface area contributed by atoms with Crippen LogP contribution >= 0.6 is 0 Å².